The van der Waals surface area contributed by atoms with Crippen LogP contribution in [0.15, 0.2) is 72.9 Å². The third-order valence-corrected chi connectivity index (χ3v) is 8.94. The molecule has 0 N–H and O–H groups in total. The van der Waals surface area contributed by atoms with Crippen molar-refractivity contribution in [1.82, 2.24) is 0 Å². The van der Waals surface area contributed by atoms with Crippen LogP contribution in [0.25, 0.3) is 0 Å². The van der Waals surface area contributed by atoms with Crippen LogP contribution < -0.4 is 0 Å². The van der Waals surface area contributed by atoms with Crippen molar-refractivity contribution in [2.24, 2.45) is 0 Å². The van der Waals surface area contributed by atoms with E-state index in [2.05, 4.69) is 93.7 Å². The quantitative estimate of drug-likeness (QED) is 0.0205. The number of rotatable bonds is 38. The molecule has 1 unspecified atom stereocenters. The second kappa shape index (κ2) is 42.6. The van der Waals surface area contributed by atoms with Gasteiger partial charge in [0.1, 0.15) is 13.2 Å². The summed E-state index contributed by atoms with van der Waals surface area (Å²) in [6.45, 7) is 6.36. The van der Waals surface area contributed by atoms with E-state index in [-0.39, 0.29) is 37.5 Å². The fraction of sp³-hybridized carbons (Fsp3) is 0.688. The topological polar surface area (TPSA) is 78.9 Å². The maximum Gasteiger partial charge on any atom is 0.306 e. The number of esters is 3. The summed E-state index contributed by atoms with van der Waals surface area (Å²) in [5.74, 6) is -1.00. The van der Waals surface area contributed by atoms with Crippen LogP contribution in [0, 0.1) is 0 Å². The van der Waals surface area contributed by atoms with Crippen LogP contribution in [0.3, 0.4) is 0 Å². The fourth-order valence-electron chi connectivity index (χ4n) is 5.60. The van der Waals surface area contributed by atoms with E-state index in [1.54, 1.807) is 0 Å². The van der Waals surface area contributed by atoms with Gasteiger partial charge in [-0.05, 0) is 96.3 Å². The molecule has 6 heteroatoms. The zero-order chi connectivity index (χ0) is 39.4. The first-order valence-electron chi connectivity index (χ1n) is 22.0. The average molecular weight is 753 g/mol. The highest BCUT2D eigenvalue weighted by Gasteiger charge is 2.19. The van der Waals surface area contributed by atoms with Crippen LogP contribution in [-0.4, -0.2) is 37.2 Å². The van der Waals surface area contributed by atoms with Gasteiger partial charge in [0.2, 0.25) is 0 Å². The van der Waals surface area contributed by atoms with Crippen LogP contribution in [0.4, 0.5) is 0 Å². The van der Waals surface area contributed by atoms with Crippen molar-refractivity contribution in [1.29, 1.82) is 0 Å². The van der Waals surface area contributed by atoms with E-state index in [0.717, 1.165) is 96.3 Å². The lowest BCUT2D eigenvalue weighted by Crippen LogP contribution is -2.30. The molecule has 0 aromatic carbocycles. The second-order valence-corrected chi connectivity index (χ2v) is 14.2. The van der Waals surface area contributed by atoms with E-state index in [1.807, 2.05) is 0 Å². The molecule has 0 spiro atoms. The lowest BCUT2D eigenvalue weighted by molar-refractivity contribution is -0.167. The maximum absolute atomic E-state index is 12.7. The van der Waals surface area contributed by atoms with Crippen molar-refractivity contribution >= 4 is 17.9 Å². The van der Waals surface area contributed by atoms with Crippen molar-refractivity contribution in [3.8, 4) is 0 Å². The van der Waals surface area contributed by atoms with Gasteiger partial charge in [0, 0.05) is 19.3 Å². The van der Waals surface area contributed by atoms with Gasteiger partial charge in [0.15, 0.2) is 6.10 Å². The molecule has 0 bridgehead atoms. The molecule has 6 nitrogen and oxygen atoms in total. The number of allylic oxidation sites excluding steroid dienone is 12. The zero-order valence-corrected chi connectivity index (χ0v) is 35.0. The van der Waals surface area contributed by atoms with Gasteiger partial charge in [-0.25, -0.2) is 0 Å². The van der Waals surface area contributed by atoms with E-state index in [1.165, 1.54) is 51.4 Å². The molecule has 0 radical (unpaired) electrons. The van der Waals surface area contributed by atoms with Gasteiger partial charge in [-0.1, -0.05) is 151 Å². The third-order valence-electron chi connectivity index (χ3n) is 8.94. The molecule has 0 aromatic rings. The fourth-order valence-corrected chi connectivity index (χ4v) is 5.60. The van der Waals surface area contributed by atoms with Crippen LogP contribution in [0.2, 0.25) is 0 Å². The summed E-state index contributed by atoms with van der Waals surface area (Å²) in [6.07, 6.45) is 51.8. The third kappa shape index (κ3) is 40.0. The first-order chi connectivity index (χ1) is 26.5. The van der Waals surface area contributed by atoms with E-state index < -0.39 is 6.10 Å². The summed E-state index contributed by atoms with van der Waals surface area (Å²) in [5, 5.41) is 0. The Morgan fingerprint density at radius 3 is 1.35 bits per heavy atom. The van der Waals surface area contributed by atoms with Gasteiger partial charge >= 0.3 is 17.9 Å². The van der Waals surface area contributed by atoms with E-state index in [9.17, 15) is 14.4 Å². The number of ether oxygens (including phenoxy) is 3. The Bertz CT molecular complexity index is 1050. The Morgan fingerprint density at radius 1 is 0.407 bits per heavy atom. The van der Waals surface area contributed by atoms with Crippen molar-refractivity contribution < 1.29 is 28.6 Å². The monoisotopic (exact) mass is 753 g/mol. The predicted molar refractivity (Wildman–Crippen MR) is 228 cm³/mol. The van der Waals surface area contributed by atoms with Crippen LogP contribution in [0.1, 0.15) is 194 Å². The molecule has 0 aliphatic heterocycles. The van der Waals surface area contributed by atoms with Crippen molar-refractivity contribution in [3.05, 3.63) is 72.9 Å². The molecule has 0 aliphatic rings. The van der Waals surface area contributed by atoms with Gasteiger partial charge in [0.25, 0.3) is 0 Å². The summed E-state index contributed by atoms with van der Waals surface area (Å²) >= 11 is 0. The van der Waals surface area contributed by atoms with Gasteiger partial charge in [-0.15, -0.1) is 0 Å². The lowest BCUT2D eigenvalue weighted by atomic mass is 10.1. The molecule has 0 amide bonds. The number of carbonyl (C=O) groups is 3. The maximum atomic E-state index is 12.7. The molecular formula is C48H80O6. The molecule has 0 saturated carbocycles. The van der Waals surface area contributed by atoms with Gasteiger partial charge < -0.3 is 14.2 Å². The normalized spacial score (nSPS) is 12.7. The molecule has 0 aromatic heterocycles. The van der Waals surface area contributed by atoms with Gasteiger partial charge in [-0.2, -0.15) is 0 Å². The molecule has 0 rings (SSSR count). The summed E-state index contributed by atoms with van der Waals surface area (Å²) in [4.78, 5) is 37.6. The molecule has 0 fully saturated rings. The highest BCUT2D eigenvalue weighted by atomic mass is 16.6. The Balaban J connectivity index is 4.51. The van der Waals surface area contributed by atoms with Crippen molar-refractivity contribution in [2.45, 2.75) is 200 Å². The number of hydrogen-bond donors (Lipinski definition) is 0. The minimum atomic E-state index is -0.809. The minimum Gasteiger partial charge on any atom is -0.462 e. The highest BCUT2D eigenvalue weighted by Crippen LogP contribution is 2.11. The van der Waals surface area contributed by atoms with Crippen LogP contribution >= 0.6 is 0 Å². The number of unbranched alkanes of at least 4 members (excludes halogenated alkanes) is 16. The van der Waals surface area contributed by atoms with Crippen molar-refractivity contribution in [3.63, 3.8) is 0 Å². The van der Waals surface area contributed by atoms with E-state index in [4.69, 9.17) is 14.2 Å². The zero-order valence-electron chi connectivity index (χ0n) is 35.0. The average Bonchev–Trinajstić information content (AvgIpc) is 3.17. The molecule has 308 valence electrons. The summed E-state index contributed by atoms with van der Waals surface area (Å²) in [5.41, 5.74) is 0. The summed E-state index contributed by atoms with van der Waals surface area (Å²) in [6, 6.07) is 0. The first kappa shape index (κ1) is 50.9. The smallest absolute Gasteiger partial charge is 0.306 e. The van der Waals surface area contributed by atoms with Crippen LogP contribution in [-0.2, 0) is 28.6 Å². The Labute approximate surface area is 332 Å². The SMILES string of the molecule is CC/C=C\C/C=C\C/C=C\CCCCC(=O)OC(COC(=O)CCCCC/C=C\C=C/CCCC)COC(=O)CCCCC/C=C\CCCCCCCC. The van der Waals surface area contributed by atoms with E-state index in [0.29, 0.717) is 19.3 Å². The van der Waals surface area contributed by atoms with Gasteiger partial charge in [0.05, 0.1) is 0 Å². The number of hydrogen-bond acceptors (Lipinski definition) is 6. The van der Waals surface area contributed by atoms with Crippen molar-refractivity contribution in [2.75, 3.05) is 13.2 Å². The Morgan fingerprint density at radius 2 is 0.796 bits per heavy atom. The van der Waals surface area contributed by atoms with E-state index >= 15 is 0 Å². The highest BCUT2D eigenvalue weighted by molar-refractivity contribution is 5.71. The molecule has 0 heterocycles. The van der Waals surface area contributed by atoms with Gasteiger partial charge in [-0.3, -0.25) is 14.4 Å². The lowest BCUT2D eigenvalue weighted by Gasteiger charge is -2.18. The predicted octanol–water partition coefficient (Wildman–Crippen LogP) is 13.9. The Kier molecular flexibility index (Phi) is 40.1. The molecule has 54 heavy (non-hydrogen) atoms. The molecule has 1 atom stereocenters. The van der Waals surface area contributed by atoms with Crippen LogP contribution in [0.5, 0.6) is 0 Å². The molecule has 0 aliphatic carbocycles. The molecular weight excluding hydrogens is 673 g/mol. The first-order valence-corrected chi connectivity index (χ1v) is 22.0. The minimum absolute atomic E-state index is 0.108. The number of carbonyl (C=O) groups excluding carboxylic acids is 3. The summed E-state index contributed by atoms with van der Waals surface area (Å²) < 4.78 is 16.6. The standard InChI is InChI=1S/C48H80O6/c1-4-7-10-13-16-19-22-24-27-29-32-35-38-41-47(50)53-44-45(43-52-46(49)40-37-34-31-28-25-21-18-15-12-9-6-3)54-48(51)42-39-36-33-30-26-23-20-17-14-11-8-5-2/h8,11,15,17-18,20-21,24-27,30,45H,4-7,9-10,12-14,16,19,22-23,28-29,31-44H2,1-3H3/b11-8-,18-15-,20-17-,25-21-,27-24-,30-26-. The molecule has 0 saturated heterocycles. The Hall–Kier alpha value is -3.15. The largest absolute Gasteiger partial charge is 0.462 e. The second-order valence-electron chi connectivity index (χ2n) is 14.2. The summed E-state index contributed by atoms with van der Waals surface area (Å²) in [7, 11) is 0.